The molecule has 0 saturated heterocycles. The van der Waals surface area contributed by atoms with E-state index in [9.17, 15) is 29.2 Å². The number of carbonyl (C=O) groups is 4. The van der Waals surface area contributed by atoms with Gasteiger partial charge in [-0.15, -0.1) is 0 Å². The molecular formula is C26H31B2Cl2LiN2O13. The summed E-state index contributed by atoms with van der Waals surface area (Å²) in [7, 11) is 3.59. The van der Waals surface area contributed by atoms with Gasteiger partial charge in [-0.05, 0) is 53.2 Å². The summed E-state index contributed by atoms with van der Waals surface area (Å²) in [5, 5.41) is 29.1. The minimum Gasteiger partial charge on any atom is -0.870 e. The zero-order valence-electron chi connectivity index (χ0n) is 25.9. The molecule has 2 aromatic rings. The third-order valence-corrected chi connectivity index (χ3v) is 6.82. The molecule has 20 heteroatoms. The van der Waals surface area contributed by atoms with Crippen LogP contribution in [0.15, 0.2) is 24.3 Å². The number of hydrogen-bond acceptors (Lipinski definition) is 12. The fourth-order valence-electron chi connectivity index (χ4n) is 4.24. The van der Waals surface area contributed by atoms with Crippen molar-refractivity contribution in [2.45, 2.75) is 32.0 Å². The molecular weight excluding hydrogens is 648 g/mol. The number of halogens is 2. The van der Waals surface area contributed by atoms with Crippen LogP contribution in [0.1, 0.15) is 43.1 Å². The second-order valence-electron chi connectivity index (χ2n) is 9.90. The number of hydrogen-bond donors (Lipinski definition) is 3. The number of carboxylic acid groups (broad SMARTS) is 1. The molecule has 2 unspecified atom stereocenters. The van der Waals surface area contributed by atoms with Crippen LogP contribution >= 0.6 is 23.2 Å². The molecule has 0 aromatic heterocycles. The quantitative estimate of drug-likeness (QED) is 0.227. The van der Waals surface area contributed by atoms with Crippen LogP contribution in [-0.4, -0.2) is 104 Å². The fourth-order valence-corrected chi connectivity index (χ4v) is 4.92. The molecule has 2 amide bonds. The van der Waals surface area contributed by atoms with Gasteiger partial charge >= 0.3 is 57.2 Å². The average Bonchev–Trinajstić information content (AvgIpc) is 3.39. The summed E-state index contributed by atoms with van der Waals surface area (Å²) in [5.74, 6) is -1.18. The van der Waals surface area contributed by atoms with Gasteiger partial charge < -0.3 is 53.9 Å². The van der Waals surface area contributed by atoms with E-state index >= 15 is 0 Å². The van der Waals surface area contributed by atoms with Crippen LogP contribution < -0.4 is 39.3 Å². The molecule has 4 rings (SSSR count). The van der Waals surface area contributed by atoms with Gasteiger partial charge in [0.15, 0.2) is 0 Å². The molecule has 2 aliphatic heterocycles. The van der Waals surface area contributed by atoms with E-state index in [1.807, 2.05) is 0 Å². The van der Waals surface area contributed by atoms with Crippen molar-refractivity contribution < 1.29 is 82.2 Å². The number of carboxylic acids is 1. The Morgan fingerprint density at radius 3 is 1.54 bits per heavy atom. The summed E-state index contributed by atoms with van der Waals surface area (Å²) in [5.41, 5.74) is 1.57. The molecule has 2 aliphatic rings. The van der Waals surface area contributed by atoms with Crippen LogP contribution in [0.2, 0.25) is 10.0 Å². The van der Waals surface area contributed by atoms with Crippen LogP contribution in [0.25, 0.3) is 0 Å². The molecule has 2 aromatic carbocycles. The van der Waals surface area contributed by atoms with Crippen molar-refractivity contribution in [2.75, 3.05) is 34.8 Å². The molecule has 0 saturated carbocycles. The normalized spacial score (nSPS) is 15.6. The molecule has 46 heavy (non-hydrogen) atoms. The van der Waals surface area contributed by atoms with Crippen molar-refractivity contribution in [2.24, 2.45) is 0 Å². The van der Waals surface area contributed by atoms with Crippen LogP contribution in [0.5, 0.6) is 11.5 Å². The molecule has 2 atom stereocenters. The Balaban J connectivity index is 0.000000442. The molecule has 0 aliphatic carbocycles. The van der Waals surface area contributed by atoms with Crippen LogP contribution in [0.3, 0.4) is 0 Å². The zero-order valence-corrected chi connectivity index (χ0v) is 27.4. The van der Waals surface area contributed by atoms with E-state index in [1.54, 1.807) is 21.0 Å². The largest absolute Gasteiger partial charge is 1.00 e. The molecule has 0 radical (unpaired) electrons. The Hall–Kier alpha value is -2.97. The minimum atomic E-state index is -1.31. The number of fused-ring (bicyclic) bond motifs is 2. The monoisotopic (exact) mass is 678 g/mol. The predicted octanol–water partition coefficient (Wildman–Crippen LogP) is -1.43. The van der Waals surface area contributed by atoms with E-state index in [0.717, 1.165) is 0 Å². The average molecular weight is 679 g/mol. The molecule has 244 valence electrons. The number of aliphatic carboxylic acids is 1. The Morgan fingerprint density at radius 1 is 0.804 bits per heavy atom. The SMILES string of the molecule is CCOC(=O)CC1OB(O)c2cc(OC(=O)N(C)C)cc(Cl)c21.CN(C)C(=O)Oc1cc(Cl)c2c(c1)B(O)OC2CC(=O)O.[Li+].[OH-]. The standard InChI is InChI=1S/C14H17BClNO6.C12H13BClNO6.Li.H2O/c1-4-21-12(18)7-11-13-9(15(20)23-11)5-8(6-10(13)16)22-14(19)17(2)3;1-15(2)12(18)20-6-3-7-11(8(14)4-6)9(5-10(16)17)21-13(7)19;;/h5-6,11,20H,4,7H2,1-3H3;3-4,9,19H,5H2,1-2H3,(H,16,17);;1H2/q;;+1;/p-1. The van der Waals surface area contributed by atoms with E-state index in [0.29, 0.717) is 22.1 Å². The van der Waals surface area contributed by atoms with Crippen molar-refractivity contribution in [1.82, 2.24) is 9.80 Å². The number of benzene rings is 2. The summed E-state index contributed by atoms with van der Waals surface area (Å²) < 4.78 is 25.6. The molecule has 0 bridgehead atoms. The maximum absolute atomic E-state index is 11.6. The van der Waals surface area contributed by atoms with Gasteiger partial charge in [-0.2, -0.15) is 0 Å². The number of ether oxygens (including phenoxy) is 3. The van der Waals surface area contributed by atoms with Crippen molar-refractivity contribution in [3.05, 3.63) is 45.4 Å². The van der Waals surface area contributed by atoms with E-state index in [2.05, 4.69) is 0 Å². The Morgan fingerprint density at radius 2 is 1.20 bits per heavy atom. The number of amides is 2. The molecule has 0 spiro atoms. The predicted molar refractivity (Wildman–Crippen MR) is 161 cm³/mol. The minimum absolute atomic E-state index is 0. The van der Waals surface area contributed by atoms with Crippen molar-refractivity contribution in [3.63, 3.8) is 0 Å². The van der Waals surface area contributed by atoms with Crippen LogP contribution in [-0.2, 0) is 23.6 Å². The van der Waals surface area contributed by atoms with Crippen molar-refractivity contribution in [1.29, 1.82) is 0 Å². The summed E-state index contributed by atoms with van der Waals surface area (Å²) in [6, 6.07) is 5.72. The summed E-state index contributed by atoms with van der Waals surface area (Å²) >= 11 is 12.3. The third kappa shape index (κ3) is 10.3. The molecule has 0 fully saturated rings. The second-order valence-corrected chi connectivity index (χ2v) is 10.7. The smallest absolute Gasteiger partial charge is 0.870 e. The zero-order chi connectivity index (χ0) is 32.9. The van der Waals surface area contributed by atoms with Crippen LogP contribution in [0, 0.1) is 0 Å². The Bertz CT molecular complexity index is 1440. The van der Waals surface area contributed by atoms with Crippen LogP contribution in [0.4, 0.5) is 9.59 Å². The van der Waals surface area contributed by atoms with Gasteiger partial charge in [0.2, 0.25) is 0 Å². The van der Waals surface area contributed by atoms with E-state index < -0.39 is 50.6 Å². The van der Waals surface area contributed by atoms with Gasteiger partial charge in [0.25, 0.3) is 0 Å². The number of nitrogens with zero attached hydrogens (tertiary/aromatic N) is 2. The Labute approximate surface area is 287 Å². The Kier molecular flexibility index (Phi) is 15.9. The first kappa shape index (κ1) is 41.1. The van der Waals surface area contributed by atoms with Gasteiger partial charge in [-0.3, -0.25) is 9.59 Å². The van der Waals surface area contributed by atoms with E-state index in [1.165, 1.54) is 48.2 Å². The third-order valence-electron chi connectivity index (χ3n) is 6.19. The maximum atomic E-state index is 11.6. The number of carbonyl (C=O) groups excluding carboxylic acids is 3. The van der Waals surface area contributed by atoms with Gasteiger partial charge in [0.05, 0.1) is 31.7 Å². The van der Waals surface area contributed by atoms with Crippen molar-refractivity contribution >= 4 is 72.5 Å². The first-order valence-electron chi connectivity index (χ1n) is 13.1. The fraction of sp³-hybridized carbons (Fsp3) is 0.385. The summed E-state index contributed by atoms with van der Waals surface area (Å²) in [6.45, 7) is 1.96. The van der Waals surface area contributed by atoms with Gasteiger partial charge in [-0.25, -0.2) is 9.59 Å². The maximum Gasteiger partial charge on any atom is 1.00 e. The van der Waals surface area contributed by atoms with Gasteiger partial charge in [0, 0.05) is 38.2 Å². The van der Waals surface area contributed by atoms with E-state index in [4.69, 9.17) is 51.8 Å². The van der Waals surface area contributed by atoms with E-state index in [-0.39, 0.29) is 65.3 Å². The molecule has 4 N–H and O–H groups in total. The molecule has 15 nitrogen and oxygen atoms in total. The molecule has 2 heterocycles. The summed E-state index contributed by atoms with van der Waals surface area (Å²) in [6.07, 6.45) is -3.09. The summed E-state index contributed by atoms with van der Waals surface area (Å²) in [4.78, 5) is 48.0. The first-order chi connectivity index (χ1) is 20.6. The van der Waals surface area contributed by atoms with Gasteiger partial charge in [-0.1, -0.05) is 23.2 Å². The van der Waals surface area contributed by atoms with Gasteiger partial charge in [0.1, 0.15) is 11.5 Å². The first-order valence-corrected chi connectivity index (χ1v) is 13.9. The number of esters is 1. The number of rotatable bonds is 7. The topological polar surface area (TPSA) is 212 Å². The van der Waals surface area contributed by atoms with Crippen molar-refractivity contribution in [3.8, 4) is 11.5 Å². The second kappa shape index (κ2) is 17.8.